The highest BCUT2D eigenvalue weighted by atomic mass is 16.6. The number of fused-ring (bicyclic) bond motifs is 1. The maximum atomic E-state index is 13.0. The van der Waals surface area contributed by atoms with Crippen LogP contribution in [0.25, 0.3) is 22.0 Å². The molecule has 9 nitrogen and oxygen atoms in total. The van der Waals surface area contributed by atoms with Crippen molar-refractivity contribution in [1.82, 2.24) is 14.9 Å². The predicted octanol–water partition coefficient (Wildman–Crippen LogP) is 3.46. The fourth-order valence-electron chi connectivity index (χ4n) is 4.15. The topological polar surface area (TPSA) is 112 Å². The Labute approximate surface area is 194 Å². The number of anilines is 1. The average Bonchev–Trinajstić information content (AvgIpc) is 2.88. The third-order valence-corrected chi connectivity index (χ3v) is 6.02. The van der Waals surface area contributed by atoms with Gasteiger partial charge in [0.05, 0.1) is 4.92 Å². The zero-order valence-corrected chi connectivity index (χ0v) is 18.2. The number of nitro benzene ring substituents is 1. The zero-order chi connectivity index (χ0) is 23.7. The SMILES string of the molecule is O=C(c1ccc2ccc(=O)[nH]c2c1)N1CCN(c2cc(-c3ccc([N+](=O)[O-])cc3)ccn2)CC1. The molecule has 0 atom stereocenters. The number of piperazine rings is 1. The van der Waals surface area contributed by atoms with Crippen molar-refractivity contribution in [3.8, 4) is 11.1 Å². The quantitative estimate of drug-likeness (QED) is 0.373. The van der Waals surface area contributed by atoms with Gasteiger partial charge in [-0.3, -0.25) is 19.7 Å². The lowest BCUT2D eigenvalue weighted by Gasteiger charge is -2.35. The van der Waals surface area contributed by atoms with Crippen molar-refractivity contribution in [2.24, 2.45) is 0 Å². The molecule has 9 heteroatoms. The van der Waals surface area contributed by atoms with Crippen LogP contribution >= 0.6 is 0 Å². The van der Waals surface area contributed by atoms with Crippen molar-refractivity contribution in [3.05, 3.63) is 99.0 Å². The highest BCUT2D eigenvalue weighted by Gasteiger charge is 2.23. The molecular formula is C25H21N5O4. The van der Waals surface area contributed by atoms with Gasteiger partial charge in [-0.05, 0) is 59.0 Å². The average molecular weight is 455 g/mol. The summed E-state index contributed by atoms with van der Waals surface area (Å²) in [4.78, 5) is 46.3. The van der Waals surface area contributed by atoms with Crippen LogP contribution in [-0.4, -0.2) is 51.9 Å². The normalized spacial score (nSPS) is 13.8. The molecule has 1 saturated heterocycles. The van der Waals surface area contributed by atoms with Crippen LogP contribution in [-0.2, 0) is 0 Å². The number of hydrogen-bond acceptors (Lipinski definition) is 6. The minimum atomic E-state index is -0.417. The number of nitrogens with zero attached hydrogens (tertiary/aromatic N) is 4. The molecule has 0 bridgehead atoms. The van der Waals surface area contributed by atoms with Crippen LogP contribution in [0.4, 0.5) is 11.5 Å². The summed E-state index contributed by atoms with van der Waals surface area (Å²) in [7, 11) is 0. The van der Waals surface area contributed by atoms with Crippen LogP contribution in [0.3, 0.4) is 0 Å². The number of H-pyrrole nitrogens is 1. The number of non-ortho nitro benzene ring substituents is 1. The Bertz CT molecular complexity index is 1440. The second-order valence-corrected chi connectivity index (χ2v) is 8.11. The summed E-state index contributed by atoms with van der Waals surface area (Å²) in [5.41, 5.74) is 2.83. The summed E-state index contributed by atoms with van der Waals surface area (Å²) in [6, 6.07) is 18.8. The van der Waals surface area contributed by atoms with Crippen LogP contribution < -0.4 is 10.5 Å². The van der Waals surface area contributed by atoms with E-state index in [1.807, 2.05) is 18.2 Å². The van der Waals surface area contributed by atoms with Gasteiger partial charge < -0.3 is 14.8 Å². The van der Waals surface area contributed by atoms with Gasteiger partial charge in [-0.2, -0.15) is 0 Å². The van der Waals surface area contributed by atoms with Gasteiger partial charge in [0.1, 0.15) is 5.82 Å². The minimum absolute atomic E-state index is 0.0524. The standard InChI is InChI=1S/C25H21N5O4/c31-24-8-5-18-1-2-20(15-22(18)27-24)25(32)29-13-11-28(12-14-29)23-16-19(9-10-26-23)17-3-6-21(7-4-17)30(33)34/h1-10,15-16H,11-14H2,(H,27,31). The van der Waals surface area contributed by atoms with Crippen molar-refractivity contribution in [3.63, 3.8) is 0 Å². The first-order valence-corrected chi connectivity index (χ1v) is 10.9. The second-order valence-electron chi connectivity index (χ2n) is 8.11. The molecular weight excluding hydrogens is 434 g/mol. The molecule has 0 aliphatic carbocycles. The largest absolute Gasteiger partial charge is 0.353 e. The predicted molar refractivity (Wildman–Crippen MR) is 129 cm³/mol. The first-order chi connectivity index (χ1) is 16.5. The Morgan fingerprint density at radius 2 is 1.65 bits per heavy atom. The number of carbonyl (C=O) groups excluding carboxylic acids is 1. The first kappa shape index (κ1) is 21.3. The Kier molecular flexibility index (Phi) is 5.51. The summed E-state index contributed by atoms with van der Waals surface area (Å²) in [5, 5.41) is 11.8. The molecule has 1 aliphatic rings. The van der Waals surface area contributed by atoms with E-state index in [2.05, 4.69) is 14.9 Å². The van der Waals surface area contributed by atoms with Crippen molar-refractivity contribution >= 4 is 28.3 Å². The van der Waals surface area contributed by atoms with Crippen LogP contribution in [0, 0.1) is 10.1 Å². The number of nitro groups is 1. The lowest BCUT2D eigenvalue weighted by Crippen LogP contribution is -2.49. The molecule has 1 amide bonds. The molecule has 0 saturated carbocycles. The van der Waals surface area contributed by atoms with Gasteiger partial charge in [0.15, 0.2) is 0 Å². The number of aromatic amines is 1. The maximum Gasteiger partial charge on any atom is 0.269 e. The number of carbonyl (C=O) groups is 1. The van der Waals surface area contributed by atoms with Crippen molar-refractivity contribution < 1.29 is 9.72 Å². The van der Waals surface area contributed by atoms with Gasteiger partial charge in [-0.1, -0.05) is 6.07 Å². The fourth-order valence-corrected chi connectivity index (χ4v) is 4.15. The van der Waals surface area contributed by atoms with E-state index < -0.39 is 4.92 Å². The maximum absolute atomic E-state index is 13.0. The monoisotopic (exact) mass is 455 g/mol. The zero-order valence-electron chi connectivity index (χ0n) is 18.2. The van der Waals surface area contributed by atoms with Crippen molar-refractivity contribution in [2.45, 2.75) is 0 Å². The van der Waals surface area contributed by atoms with Gasteiger partial charge in [-0.25, -0.2) is 4.98 Å². The van der Waals surface area contributed by atoms with Crippen LogP contribution in [0.5, 0.6) is 0 Å². The number of benzene rings is 2. The Morgan fingerprint density at radius 1 is 0.912 bits per heavy atom. The lowest BCUT2D eigenvalue weighted by molar-refractivity contribution is -0.384. The Balaban J connectivity index is 1.28. The third kappa shape index (κ3) is 4.23. The Morgan fingerprint density at radius 3 is 2.38 bits per heavy atom. The summed E-state index contributed by atoms with van der Waals surface area (Å²) < 4.78 is 0. The van der Waals surface area contributed by atoms with E-state index in [4.69, 9.17) is 0 Å². The molecule has 1 fully saturated rings. The van der Waals surface area contributed by atoms with Gasteiger partial charge >= 0.3 is 0 Å². The summed E-state index contributed by atoms with van der Waals surface area (Å²) in [5.74, 6) is 0.727. The number of nitrogens with one attached hydrogen (secondary N) is 1. The molecule has 2 aromatic heterocycles. The van der Waals surface area contributed by atoms with Gasteiger partial charge in [0, 0.05) is 61.7 Å². The van der Waals surface area contributed by atoms with E-state index in [1.54, 1.807) is 41.4 Å². The number of rotatable bonds is 4. The molecule has 1 N–H and O–H groups in total. The third-order valence-electron chi connectivity index (χ3n) is 6.02. The van der Waals surface area contributed by atoms with E-state index in [0.717, 1.165) is 22.3 Å². The molecule has 170 valence electrons. The van der Waals surface area contributed by atoms with E-state index in [1.165, 1.54) is 18.2 Å². The number of hydrogen-bond donors (Lipinski definition) is 1. The van der Waals surface area contributed by atoms with Gasteiger partial charge in [0.2, 0.25) is 5.56 Å². The molecule has 4 aromatic rings. The fraction of sp³-hybridized carbons (Fsp3) is 0.160. The van der Waals surface area contributed by atoms with E-state index in [-0.39, 0.29) is 17.2 Å². The molecule has 34 heavy (non-hydrogen) atoms. The summed E-state index contributed by atoms with van der Waals surface area (Å²) in [6.45, 7) is 2.36. The highest BCUT2D eigenvalue weighted by Crippen LogP contribution is 2.26. The molecule has 0 radical (unpaired) electrons. The molecule has 5 rings (SSSR count). The van der Waals surface area contributed by atoms with Crippen molar-refractivity contribution in [1.29, 1.82) is 0 Å². The molecule has 3 heterocycles. The summed E-state index contributed by atoms with van der Waals surface area (Å²) in [6.07, 6.45) is 1.72. The van der Waals surface area contributed by atoms with Crippen LogP contribution in [0.1, 0.15) is 10.4 Å². The Hall–Kier alpha value is -4.53. The lowest BCUT2D eigenvalue weighted by atomic mass is 10.1. The number of aromatic nitrogens is 2. The first-order valence-electron chi connectivity index (χ1n) is 10.9. The molecule has 1 aliphatic heterocycles. The van der Waals surface area contributed by atoms with E-state index in [0.29, 0.717) is 37.3 Å². The highest BCUT2D eigenvalue weighted by molar-refractivity contribution is 5.97. The van der Waals surface area contributed by atoms with Gasteiger partial charge in [-0.15, -0.1) is 0 Å². The second kappa shape index (κ2) is 8.78. The van der Waals surface area contributed by atoms with Crippen LogP contribution in [0.2, 0.25) is 0 Å². The van der Waals surface area contributed by atoms with Crippen molar-refractivity contribution in [2.75, 3.05) is 31.1 Å². The van der Waals surface area contributed by atoms with Gasteiger partial charge in [0.25, 0.3) is 11.6 Å². The summed E-state index contributed by atoms with van der Waals surface area (Å²) >= 11 is 0. The minimum Gasteiger partial charge on any atom is -0.353 e. The molecule has 0 spiro atoms. The molecule has 2 aromatic carbocycles. The molecule has 0 unspecified atom stereocenters. The number of pyridine rings is 2. The number of amides is 1. The smallest absolute Gasteiger partial charge is 0.269 e. The van der Waals surface area contributed by atoms with E-state index >= 15 is 0 Å². The van der Waals surface area contributed by atoms with E-state index in [9.17, 15) is 19.7 Å². The van der Waals surface area contributed by atoms with Crippen LogP contribution in [0.15, 0.2) is 77.7 Å².